The summed E-state index contributed by atoms with van der Waals surface area (Å²) >= 11 is 11.8. The van der Waals surface area contributed by atoms with Crippen LogP contribution in [0.5, 0.6) is 0 Å². The van der Waals surface area contributed by atoms with Crippen LogP contribution in [0.25, 0.3) is 0 Å². The van der Waals surface area contributed by atoms with Crippen molar-refractivity contribution in [3.63, 3.8) is 0 Å². The number of amides is 1. The molecule has 0 N–H and O–H groups in total. The number of hydrogen-bond acceptors (Lipinski definition) is 2. The second-order valence-corrected chi connectivity index (χ2v) is 4.81. The number of aromatic nitrogens is 1. The molecule has 104 valence electrons. The number of benzene rings is 1. The van der Waals surface area contributed by atoms with E-state index in [4.69, 9.17) is 23.2 Å². The summed E-state index contributed by atoms with van der Waals surface area (Å²) in [5.74, 6) is -0.671. The minimum absolute atomic E-state index is 0.188. The van der Waals surface area contributed by atoms with Crippen molar-refractivity contribution in [2.45, 2.75) is 6.92 Å². The summed E-state index contributed by atoms with van der Waals surface area (Å²) in [6, 6.07) is 7.08. The summed E-state index contributed by atoms with van der Waals surface area (Å²) in [5, 5.41) is 0.410. The van der Waals surface area contributed by atoms with Crippen molar-refractivity contribution >= 4 is 34.8 Å². The number of pyridine rings is 1. The van der Waals surface area contributed by atoms with Gasteiger partial charge in [-0.05, 0) is 37.3 Å². The third kappa shape index (κ3) is 3.08. The first-order valence-corrected chi connectivity index (χ1v) is 6.67. The molecule has 20 heavy (non-hydrogen) atoms. The average Bonchev–Trinajstić information content (AvgIpc) is 2.44. The molecule has 2 aromatic rings. The maximum Gasteiger partial charge on any atom is 0.259 e. The number of rotatable bonds is 3. The summed E-state index contributed by atoms with van der Waals surface area (Å²) in [5.41, 5.74) is 0.848. The maximum absolute atomic E-state index is 12.9. The first-order valence-electron chi connectivity index (χ1n) is 5.91. The smallest absolute Gasteiger partial charge is 0.259 e. The Morgan fingerprint density at radius 2 is 1.95 bits per heavy atom. The molecule has 2 rings (SSSR count). The van der Waals surface area contributed by atoms with Crippen molar-refractivity contribution in [3.05, 3.63) is 58.1 Å². The molecule has 1 amide bonds. The van der Waals surface area contributed by atoms with E-state index in [2.05, 4.69) is 4.98 Å². The van der Waals surface area contributed by atoms with Gasteiger partial charge in [0, 0.05) is 18.4 Å². The van der Waals surface area contributed by atoms with Crippen LogP contribution in [-0.2, 0) is 0 Å². The summed E-state index contributed by atoms with van der Waals surface area (Å²) in [4.78, 5) is 17.8. The van der Waals surface area contributed by atoms with Gasteiger partial charge in [0.15, 0.2) is 0 Å². The van der Waals surface area contributed by atoms with Crippen LogP contribution in [-0.4, -0.2) is 17.4 Å². The Morgan fingerprint density at radius 3 is 2.55 bits per heavy atom. The van der Waals surface area contributed by atoms with E-state index in [1.807, 2.05) is 6.92 Å². The molecule has 1 aromatic carbocycles. The fourth-order valence-electron chi connectivity index (χ4n) is 1.79. The van der Waals surface area contributed by atoms with E-state index in [1.54, 1.807) is 0 Å². The molecule has 0 radical (unpaired) electrons. The monoisotopic (exact) mass is 312 g/mol. The molecule has 0 atom stereocenters. The zero-order valence-corrected chi connectivity index (χ0v) is 12.1. The van der Waals surface area contributed by atoms with Crippen LogP contribution in [0.4, 0.5) is 10.1 Å². The lowest BCUT2D eigenvalue weighted by molar-refractivity contribution is 0.0988. The molecule has 0 fully saturated rings. The quantitative estimate of drug-likeness (QED) is 0.796. The fourth-order valence-corrected chi connectivity index (χ4v) is 2.13. The lowest BCUT2D eigenvalue weighted by Crippen LogP contribution is -2.30. The zero-order valence-electron chi connectivity index (χ0n) is 10.6. The van der Waals surface area contributed by atoms with Gasteiger partial charge in [-0.3, -0.25) is 4.79 Å². The van der Waals surface area contributed by atoms with Crippen molar-refractivity contribution < 1.29 is 9.18 Å². The van der Waals surface area contributed by atoms with Gasteiger partial charge >= 0.3 is 0 Å². The van der Waals surface area contributed by atoms with Crippen LogP contribution in [0.15, 0.2) is 36.5 Å². The van der Waals surface area contributed by atoms with Gasteiger partial charge in [0.1, 0.15) is 11.0 Å². The minimum atomic E-state index is -0.359. The lowest BCUT2D eigenvalue weighted by atomic mass is 10.2. The molecule has 0 aliphatic heterocycles. The Balaban J connectivity index is 2.38. The minimum Gasteiger partial charge on any atom is -0.309 e. The molecule has 0 spiro atoms. The zero-order chi connectivity index (χ0) is 14.7. The largest absolute Gasteiger partial charge is 0.309 e. The van der Waals surface area contributed by atoms with Gasteiger partial charge < -0.3 is 4.90 Å². The molecule has 0 aliphatic rings. The normalized spacial score (nSPS) is 10.4. The first kappa shape index (κ1) is 14.8. The predicted octanol–water partition coefficient (Wildman–Crippen LogP) is 4.19. The molecule has 0 aliphatic carbocycles. The molecule has 0 saturated carbocycles. The highest BCUT2D eigenvalue weighted by molar-refractivity contribution is 6.35. The highest BCUT2D eigenvalue weighted by atomic mass is 35.5. The van der Waals surface area contributed by atoms with Crippen molar-refractivity contribution in [2.75, 3.05) is 11.4 Å². The van der Waals surface area contributed by atoms with Gasteiger partial charge in [-0.15, -0.1) is 0 Å². The fraction of sp³-hybridized carbons (Fsp3) is 0.143. The number of carbonyl (C=O) groups excluding carboxylic acids is 1. The Bertz CT molecular complexity index is 632. The van der Waals surface area contributed by atoms with Crippen molar-refractivity contribution in [3.8, 4) is 0 Å². The number of nitrogens with zero attached hydrogens (tertiary/aromatic N) is 2. The second kappa shape index (κ2) is 6.20. The Morgan fingerprint density at radius 1 is 1.30 bits per heavy atom. The van der Waals surface area contributed by atoms with E-state index in [-0.39, 0.29) is 27.5 Å². The Hall–Kier alpha value is -1.65. The van der Waals surface area contributed by atoms with Crippen molar-refractivity contribution in [1.29, 1.82) is 0 Å². The van der Waals surface area contributed by atoms with Gasteiger partial charge in [-0.25, -0.2) is 9.37 Å². The van der Waals surface area contributed by atoms with Crippen LogP contribution in [0, 0.1) is 5.82 Å². The molecule has 1 aromatic heterocycles. The molecule has 0 bridgehead atoms. The topological polar surface area (TPSA) is 33.2 Å². The molecular weight excluding hydrogens is 302 g/mol. The Labute approximate surface area is 125 Å². The number of halogens is 3. The molecular formula is C14H11Cl2FN2O. The van der Waals surface area contributed by atoms with Crippen LogP contribution in [0.2, 0.25) is 10.2 Å². The van der Waals surface area contributed by atoms with E-state index in [1.165, 1.54) is 41.4 Å². The Kier molecular flexibility index (Phi) is 4.57. The number of carbonyl (C=O) groups is 1. The van der Waals surface area contributed by atoms with E-state index in [9.17, 15) is 9.18 Å². The van der Waals surface area contributed by atoms with Gasteiger partial charge in [-0.2, -0.15) is 0 Å². The molecule has 0 saturated heterocycles. The third-order valence-electron chi connectivity index (χ3n) is 2.75. The summed E-state index contributed by atoms with van der Waals surface area (Å²) in [7, 11) is 0. The van der Waals surface area contributed by atoms with E-state index in [0.29, 0.717) is 12.2 Å². The van der Waals surface area contributed by atoms with Gasteiger partial charge in [0.2, 0.25) is 0 Å². The van der Waals surface area contributed by atoms with E-state index < -0.39 is 0 Å². The number of anilines is 1. The van der Waals surface area contributed by atoms with E-state index in [0.717, 1.165) is 0 Å². The maximum atomic E-state index is 12.9. The summed E-state index contributed by atoms with van der Waals surface area (Å²) in [6.07, 6.45) is 1.33. The molecule has 0 unspecified atom stereocenters. The van der Waals surface area contributed by atoms with Crippen LogP contribution in [0.3, 0.4) is 0 Å². The summed E-state index contributed by atoms with van der Waals surface area (Å²) < 4.78 is 12.9. The van der Waals surface area contributed by atoms with Gasteiger partial charge in [0.05, 0.1) is 10.6 Å². The highest BCUT2D eigenvalue weighted by Gasteiger charge is 2.19. The molecule has 1 heterocycles. The molecule has 3 nitrogen and oxygen atoms in total. The van der Waals surface area contributed by atoms with E-state index >= 15 is 0 Å². The second-order valence-electron chi connectivity index (χ2n) is 4.01. The van der Waals surface area contributed by atoms with Crippen LogP contribution < -0.4 is 4.90 Å². The number of hydrogen-bond donors (Lipinski definition) is 0. The van der Waals surface area contributed by atoms with Crippen molar-refractivity contribution in [1.82, 2.24) is 4.98 Å². The predicted molar refractivity (Wildman–Crippen MR) is 78.0 cm³/mol. The standard InChI is InChI=1S/C14H11Cl2FN2O/c1-2-19(10-5-3-9(17)4-6-10)14(20)11-7-13(16)18-8-12(11)15/h3-8H,2H2,1H3. The third-order valence-corrected chi connectivity index (χ3v) is 3.26. The van der Waals surface area contributed by atoms with Gasteiger partial charge in [0.25, 0.3) is 5.91 Å². The van der Waals surface area contributed by atoms with Crippen molar-refractivity contribution in [2.24, 2.45) is 0 Å². The SMILES string of the molecule is CCN(C(=O)c1cc(Cl)ncc1Cl)c1ccc(F)cc1. The van der Waals surface area contributed by atoms with Crippen LogP contribution in [0.1, 0.15) is 17.3 Å². The van der Waals surface area contributed by atoms with Gasteiger partial charge in [-0.1, -0.05) is 23.2 Å². The highest BCUT2D eigenvalue weighted by Crippen LogP contribution is 2.23. The lowest BCUT2D eigenvalue weighted by Gasteiger charge is -2.21. The molecule has 6 heteroatoms. The van der Waals surface area contributed by atoms with Crippen LogP contribution >= 0.6 is 23.2 Å². The average molecular weight is 313 g/mol. The summed E-state index contributed by atoms with van der Waals surface area (Å²) in [6.45, 7) is 2.23. The first-order chi connectivity index (χ1) is 9.52.